The predicted octanol–water partition coefficient (Wildman–Crippen LogP) is 3.57. The molecule has 0 radical (unpaired) electrons. The van der Waals surface area contributed by atoms with Crippen LogP contribution in [-0.2, 0) is 0 Å². The van der Waals surface area contributed by atoms with Crippen LogP contribution in [0.3, 0.4) is 0 Å². The van der Waals surface area contributed by atoms with Gasteiger partial charge in [0, 0.05) is 16.6 Å². The lowest BCUT2D eigenvalue weighted by molar-refractivity contribution is -0.384. The van der Waals surface area contributed by atoms with Crippen molar-refractivity contribution in [3.05, 3.63) is 32.8 Å². The van der Waals surface area contributed by atoms with Crippen LogP contribution in [0.4, 0.5) is 11.4 Å². The fraction of sp³-hybridized carbons (Fsp3) is 0.400. The Morgan fingerprint density at radius 1 is 1.60 bits per heavy atom. The molecule has 82 valence electrons. The van der Waals surface area contributed by atoms with Gasteiger partial charge in [0.25, 0.3) is 5.69 Å². The monoisotopic (exact) mass is 272 g/mol. The highest BCUT2D eigenvalue weighted by Gasteiger charge is 2.14. The summed E-state index contributed by atoms with van der Waals surface area (Å²) in [5.41, 5.74) is 0.669. The first kappa shape index (κ1) is 12.0. The molecule has 0 heterocycles. The van der Waals surface area contributed by atoms with Gasteiger partial charge in [0.15, 0.2) is 0 Å². The Morgan fingerprint density at radius 2 is 2.27 bits per heavy atom. The summed E-state index contributed by atoms with van der Waals surface area (Å²) in [6, 6.07) is 5.24. The number of nitrogens with one attached hydrogen (secondary N) is 1. The summed E-state index contributed by atoms with van der Waals surface area (Å²) >= 11 is 3.22. The lowest BCUT2D eigenvalue weighted by atomic mass is 10.2. The third-order valence-corrected chi connectivity index (χ3v) is 2.66. The van der Waals surface area contributed by atoms with Gasteiger partial charge < -0.3 is 5.32 Å². The molecule has 0 aromatic heterocycles. The molecule has 5 heteroatoms. The van der Waals surface area contributed by atoms with E-state index in [1.54, 1.807) is 12.1 Å². The molecule has 1 aromatic carbocycles. The number of halogens is 1. The predicted molar refractivity (Wildman–Crippen MR) is 64.2 cm³/mol. The fourth-order valence-electron chi connectivity index (χ4n) is 1.15. The highest BCUT2D eigenvalue weighted by atomic mass is 79.9. The topological polar surface area (TPSA) is 55.2 Å². The Balaban J connectivity index is 3.01. The van der Waals surface area contributed by atoms with Crippen molar-refractivity contribution >= 4 is 27.3 Å². The largest absolute Gasteiger partial charge is 0.377 e. The molecule has 0 aliphatic heterocycles. The van der Waals surface area contributed by atoms with Crippen molar-refractivity contribution in [2.75, 3.05) is 5.32 Å². The van der Waals surface area contributed by atoms with Crippen LogP contribution >= 0.6 is 15.9 Å². The number of nitro benzene ring substituents is 1. The van der Waals surface area contributed by atoms with Crippen LogP contribution in [0.2, 0.25) is 0 Å². The van der Waals surface area contributed by atoms with Crippen molar-refractivity contribution in [1.82, 2.24) is 0 Å². The van der Waals surface area contributed by atoms with Crippen molar-refractivity contribution < 1.29 is 4.92 Å². The third-order valence-electron chi connectivity index (χ3n) is 2.17. The molecule has 1 unspecified atom stereocenters. The zero-order chi connectivity index (χ0) is 11.4. The SMILES string of the molecule is CCC(C)Nc1ccc(Br)cc1[N+](=O)[O-]. The summed E-state index contributed by atoms with van der Waals surface area (Å²) in [6.07, 6.45) is 0.924. The molecule has 0 saturated carbocycles. The Bertz CT molecular complexity index is 368. The van der Waals surface area contributed by atoms with E-state index in [-0.39, 0.29) is 16.7 Å². The summed E-state index contributed by atoms with van der Waals surface area (Å²) in [4.78, 5) is 10.4. The van der Waals surface area contributed by atoms with Gasteiger partial charge in [-0.25, -0.2) is 0 Å². The molecule has 15 heavy (non-hydrogen) atoms. The van der Waals surface area contributed by atoms with Gasteiger partial charge in [0.05, 0.1) is 4.92 Å². The van der Waals surface area contributed by atoms with Crippen LogP contribution in [0.15, 0.2) is 22.7 Å². The molecule has 1 atom stereocenters. The van der Waals surface area contributed by atoms with Gasteiger partial charge in [-0.2, -0.15) is 0 Å². The number of anilines is 1. The van der Waals surface area contributed by atoms with Crippen LogP contribution < -0.4 is 5.32 Å². The minimum absolute atomic E-state index is 0.102. The molecule has 0 bridgehead atoms. The number of benzene rings is 1. The second kappa shape index (κ2) is 5.11. The average molecular weight is 273 g/mol. The third kappa shape index (κ3) is 3.20. The van der Waals surface area contributed by atoms with E-state index in [9.17, 15) is 10.1 Å². The van der Waals surface area contributed by atoms with Crippen LogP contribution in [0, 0.1) is 10.1 Å². The van der Waals surface area contributed by atoms with Crippen molar-refractivity contribution in [3.63, 3.8) is 0 Å². The summed E-state index contributed by atoms with van der Waals surface area (Å²) in [5.74, 6) is 0. The molecular weight excluding hydrogens is 260 g/mol. The normalized spacial score (nSPS) is 12.2. The lowest BCUT2D eigenvalue weighted by Gasteiger charge is -2.12. The first-order valence-electron chi connectivity index (χ1n) is 4.75. The number of nitro groups is 1. The minimum Gasteiger partial charge on any atom is -0.377 e. The second-order valence-electron chi connectivity index (χ2n) is 3.37. The first-order valence-corrected chi connectivity index (χ1v) is 5.54. The summed E-state index contributed by atoms with van der Waals surface area (Å²) in [6.45, 7) is 4.02. The van der Waals surface area contributed by atoms with Crippen LogP contribution in [0.25, 0.3) is 0 Å². The van der Waals surface area contributed by atoms with Gasteiger partial charge in [-0.05, 0) is 25.5 Å². The van der Waals surface area contributed by atoms with E-state index in [4.69, 9.17) is 0 Å². The highest BCUT2D eigenvalue weighted by Crippen LogP contribution is 2.28. The molecule has 1 N–H and O–H groups in total. The van der Waals surface area contributed by atoms with Crippen molar-refractivity contribution in [2.24, 2.45) is 0 Å². The van der Waals surface area contributed by atoms with E-state index >= 15 is 0 Å². The number of hydrogen-bond donors (Lipinski definition) is 1. The van der Waals surface area contributed by atoms with Crippen molar-refractivity contribution in [2.45, 2.75) is 26.3 Å². The lowest BCUT2D eigenvalue weighted by Crippen LogP contribution is -2.14. The molecule has 4 nitrogen and oxygen atoms in total. The second-order valence-corrected chi connectivity index (χ2v) is 4.29. The minimum atomic E-state index is -0.379. The van der Waals surface area contributed by atoms with E-state index < -0.39 is 0 Å². The molecule has 0 aliphatic rings. The zero-order valence-electron chi connectivity index (χ0n) is 8.66. The maximum Gasteiger partial charge on any atom is 0.293 e. The van der Waals surface area contributed by atoms with Crippen molar-refractivity contribution in [3.8, 4) is 0 Å². The number of nitrogens with zero attached hydrogens (tertiary/aromatic N) is 1. The van der Waals surface area contributed by atoms with E-state index in [1.807, 2.05) is 13.8 Å². The van der Waals surface area contributed by atoms with Gasteiger partial charge in [-0.15, -0.1) is 0 Å². The van der Waals surface area contributed by atoms with Gasteiger partial charge in [-0.3, -0.25) is 10.1 Å². The Hall–Kier alpha value is -1.10. The smallest absolute Gasteiger partial charge is 0.293 e. The molecule has 0 saturated heterocycles. The van der Waals surface area contributed by atoms with Crippen LogP contribution in [0.5, 0.6) is 0 Å². The van der Waals surface area contributed by atoms with Gasteiger partial charge >= 0.3 is 0 Å². The van der Waals surface area contributed by atoms with Gasteiger partial charge in [-0.1, -0.05) is 22.9 Å². The summed E-state index contributed by atoms with van der Waals surface area (Å²) < 4.78 is 0.712. The standard InChI is InChI=1S/C10H13BrN2O2/c1-3-7(2)12-9-5-4-8(11)6-10(9)13(14)15/h4-7,12H,3H2,1-2H3. The average Bonchev–Trinajstić information content (AvgIpc) is 2.20. The molecule has 0 spiro atoms. The number of hydrogen-bond acceptors (Lipinski definition) is 3. The molecule has 0 amide bonds. The zero-order valence-corrected chi connectivity index (χ0v) is 10.2. The first-order chi connectivity index (χ1) is 7.04. The Morgan fingerprint density at radius 3 is 2.80 bits per heavy atom. The molecule has 0 aliphatic carbocycles. The molecular formula is C10H13BrN2O2. The van der Waals surface area contributed by atoms with E-state index in [0.717, 1.165) is 6.42 Å². The van der Waals surface area contributed by atoms with E-state index in [1.165, 1.54) is 6.07 Å². The molecule has 1 aromatic rings. The summed E-state index contributed by atoms with van der Waals surface area (Å²) in [5, 5.41) is 13.9. The Kier molecular flexibility index (Phi) is 4.08. The van der Waals surface area contributed by atoms with E-state index in [0.29, 0.717) is 10.2 Å². The van der Waals surface area contributed by atoms with E-state index in [2.05, 4.69) is 21.2 Å². The summed E-state index contributed by atoms with van der Waals surface area (Å²) in [7, 11) is 0. The molecule has 0 fully saturated rings. The van der Waals surface area contributed by atoms with Crippen LogP contribution in [0.1, 0.15) is 20.3 Å². The Labute approximate surface area is 97.0 Å². The maximum atomic E-state index is 10.8. The number of rotatable bonds is 4. The van der Waals surface area contributed by atoms with Crippen LogP contribution in [-0.4, -0.2) is 11.0 Å². The maximum absolute atomic E-state index is 10.8. The quantitative estimate of drug-likeness (QED) is 0.674. The van der Waals surface area contributed by atoms with Gasteiger partial charge in [0.1, 0.15) is 5.69 Å². The molecule has 1 rings (SSSR count). The highest BCUT2D eigenvalue weighted by molar-refractivity contribution is 9.10. The van der Waals surface area contributed by atoms with Gasteiger partial charge in [0.2, 0.25) is 0 Å². The fourth-order valence-corrected chi connectivity index (χ4v) is 1.49. The van der Waals surface area contributed by atoms with Crippen molar-refractivity contribution in [1.29, 1.82) is 0 Å².